The summed E-state index contributed by atoms with van der Waals surface area (Å²) in [5.41, 5.74) is 0.259. The molecule has 0 atom stereocenters. The van der Waals surface area contributed by atoms with Gasteiger partial charge in [0.15, 0.2) is 0 Å². The van der Waals surface area contributed by atoms with Crippen molar-refractivity contribution in [3.8, 4) is 0 Å². The minimum atomic E-state index is -1.10. The lowest BCUT2D eigenvalue weighted by molar-refractivity contribution is -0.136. The number of carbonyl (C=O) groups is 3. The Kier molecular flexibility index (Phi) is 4.80. The Labute approximate surface area is 126 Å². The molecular formula is C14H15ClN2O4. The Balaban J connectivity index is 2.03. The molecule has 21 heavy (non-hydrogen) atoms. The number of benzene rings is 1. The molecule has 2 N–H and O–H groups in total. The van der Waals surface area contributed by atoms with Crippen LogP contribution >= 0.6 is 11.6 Å². The highest BCUT2D eigenvalue weighted by atomic mass is 35.5. The summed E-state index contributed by atoms with van der Waals surface area (Å²) < 4.78 is 0. The van der Waals surface area contributed by atoms with Gasteiger partial charge >= 0.3 is 5.97 Å². The van der Waals surface area contributed by atoms with Crippen molar-refractivity contribution in [1.82, 2.24) is 4.90 Å². The van der Waals surface area contributed by atoms with Crippen LogP contribution in [0, 0.1) is 0 Å². The number of aromatic carboxylic acids is 1. The Bertz CT molecular complexity index is 588. The van der Waals surface area contributed by atoms with E-state index in [0.29, 0.717) is 13.0 Å². The van der Waals surface area contributed by atoms with Gasteiger partial charge in [-0.15, -0.1) is 0 Å². The van der Waals surface area contributed by atoms with Crippen molar-refractivity contribution in [2.24, 2.45) is 0 Å². The molecule has 1 saturated heterocycles. The summed E-state index contributed by atoms with van der Waals surface area (Å²) in [4.78, 5) is 36.0. The third-order valence-electron chi connectivity index (χ3n) is 3.24. The number of carboxylic acids is 1. The molecule has 1 aliphatic rings. The van der Waals surface area contributed by atoms with Crippen molar-refractivity contribution in [2.75, 3.05) is 18.4 Å². The predicted molar refractivity (Wildman–Crippen MR) is 77.5 cm³/mol. The minimum Gasteiger partial charge on any atom is -0.478 e. The third kappa shape index (κ3) is 3.95. The molecular weight excluding hydrogens is 296 g/mol. The first-order valence-electron chi connectivity index (χ1n) is 6.58. The van der Waals surface area contributed by atoms with Crippen molar-refractivity contribution < 1.29 is 19.5 Å². The fraction of sp³-hybridized carbons (Fsp3) is 0.357. The quantitative estimate of drug-likeness (QED) is 0.890. The number of carboxylic acid groups (broad SMARTS) is 1. The van der Waals surface area contributed by atoms with E-state index in [2.05, 4.69) is 5.32 Å². The van der Waals surface area contributed by atoms with Crippen LogP contribution in [0.25, 0.3) is 0 Å². The molecule has 1 aromatic carbocycles. The Hall–Kier alpha value is -2.08. The van der Waals surface area contributed by atoms with E-state index in [1.807, 2.05) is 0 Å². The first kappa shape index (κ1) is 15.3. The predicted octanol–water partition coefficient (Wildman–Crippen LogP) is 1.99. The van der Waals surface area contributed by atoms with E-state index >= 15 is 0 Å². The van der Waals surface area contributed by atoms with Gasteiger partial charge < -0.3 is 15.3 Å². The van der Waals surface area contributed by atoms with E-state index in [1.54, 1.807) is 0 Å². The number of nitrogens with one attached hydrogen (secondary N) is 1. The van der Waals surface area contributed by atoms with Crippen molar-refractivity contribution in [2.45, 2.75) is 19.3 Å². The second-order valence-electron chi connectivity index (χ2n) is 4.82. The third-order valence-corrected chi connectivity index (χ3v) is 3.57. The molecule has 0 bridgehead atoms. The van der Waals surface area contributed by atoms with Gasteiger partial charge in [-0.25, -0.2) is 4.79 Å². The second kappa shape index (κ2) is 6.58. The lowest BCUT2D eigenvalue weighted by atomic mass is 10.1. The molecule has 1 aliphatic heterocycles. The number of halogens is 1. The van der Waals surface area contributed by atoms with Crippen molar-refractivity contribution in [1.29, 1.82) is 0 Å². The number of hydrogen-bond acceptors (Lipinski definition) is 3. The van der Waals surface area contributed by atoms with E-state index in [-0.39, 0.29) is 28.7 Å². The number of nitrogens with zero attached hydrogens (tertiary/aromatic N) is 1. The lowest BCUT2D eigenvalue weighted by Gasteiger charge is -2.26. The molecule has 2 amide bonds. The molecule has 0 aliphatic carbocycles. The van der Waals surface area contributed by atoms with Crippen LogP contribution in [0.3, 0.4) is 0 Å². The van der Waals surface area contributed by atoms with Crippen LogP contribution < -0.4 is 5.32 Å². The number of rotatable bonds is 4. The van der Waals surface area contributed by atoms with Gasteiger partial charge in [-0.2, -0.15) is 0 Å². The summed E-state index contributed by atoms with van der Waals surface area (Å²) in [6.45, 7) is 0.515. The maximum absolute atomic E-state index is 11.9. The van der Waals surface area contributed by atoms with Gasteiger partial charge in [-0.05, 0) is 31.0 Å². The minimum absolute atomic E-state index is 0.0312. The van der Waals surface area contributed by atoms with Crippen LogP contribution in [0.15, 0.2) is 18.2 Å². The molecule has 1 heterocycles. The topological polar surface area (TPSA) is 86.7 Å². The van der Waals surface area contributed by atoms with Crippen LogP contribution in [-0.4, -0.2) is 40.9 Å². The molecule has 1 fully saturated rings. The summed E-state index contributed by atoms with van der Waals surface area (Å²) in [7, 11) is 0. The Morgan fingerprint density at radius 2 is 2.10 bits per heavy atom. The smallest absolute Gasteiger partial charge is 0.335 e. The zero-order chi connectivity index (χ0) is 15.4. The highest BCUT2D eigenvalue weighted by molar-refractivity contribution is 6.33. The van der Waals surface area contributed by atoms with Gasteiger partial charge in [-0.1, -0.05) is 11.6 Å². The van der Waals surface area contributed by atoms with Gasteiger partial charge in [0.25, 0.3) is 0 Å². The zero-order valence-electron chi connectivity index (χ0n) is 11.3. The molecule has 7 heteroatoms. The van der Waals surface area contributed by atoms with Crippen molar-refractivity contribution in [3.63, 3.8) is 0 Å². The summed E-state index contributed by atoms with van der Waals surface area (Å²) in [5.74, 6) is -1.54. The Morgan fingerprint density at radius 3 is 2.76 bits per heavy atom. The van der Waals surface area contributed by atoms with Crippen LogP contribution in [0.4, 0.5) is 5.69 Å². The number of hydrogen-bond donors (Lipinski definition) is 2. The standard InChI is InChI=1S/C14H15ClN2O4/c15-10-5-4-9(14(20)21)7-11(10)16-12(18)8-17-6-2-1-3-13(17)19/h4-5,7H,1-3,6,8H2,(H,16,18)(H,20,21). The fourth-order valence-electron chi connectivity index (χ4n) is 2.15. The number of likely N-dealkylation sites (tertiary alicyclic amines) is 1. The van der Waals surface area contributed by atoms with Crippen molar-refractivity contribution in [3.05, 3.63) is 28.8 Å². The van der Waals surface area contributed by atoms with E-state index < -0.39 is 11.9 Å². The molecule has 6 nitrogen and oxygen atoms in total. The first-order chi connectivity index (χ1) is 9.97. The molecule has 112 valence electrons. The van der Waals surface area contributed by atoms with Crippen LogP contribution in [0.5, 0.6) is 0 Å². The molecule has 0 saturated carbocycles. The van der Waals surface area contributed by atoms with E-state index in [9.17, 15) is 14.4 Å². The maximum Gasteiger partial charge on any atom is 0.335 e. The van der Waals surface area contributed by atoms with Gasteiger partial charge in [0.2, 0.25) is 11.8 Å². The van der Waals surface area contributed by atoms with Crippen LogP contribution in [-0.2, 0) is 9.59 Å². The zero-order valence-corrected chi connectivity index (χ0v) is 12.0. The number of piperidine rings is 1. The summed E-state index contributed by atoms with van der Waals surface area (Å²) in [6.07, 6.45) is 2.19. The highest BCUT2D eigenvalue weighted by Gasteiger charge is 2.21. The molecule has 0 aromatic heterocycles. The monoisotopic (exact) mass is 310 g/mol. The number of carbonyl (C=O) groups excluding carboxylic acids is 2. The average Bonchev–Trinajstić information content (AvgIpc) is 2.43. The number of amides is 2. The SMILES string of the molecule is O=C(CN1CCCCC1=O)Nc1cc(C(=O)O)ccc1Cl. The normalized spacial score (nSPS) is 14.9. The first-order valence-corrected chi connectivity index (χ1v) is 6.95. The van der Waals surface area contributed by atoms with Crippen LogP contribution in [0.1, 0.15) is 29.6 Å². The molecule has 0 unspecified atom stereocenters. The van der Waals surface area contributed by atoms with Gasteiger partial charge in [0, 0.05) is 13.0 Å². The van der Waals surface area contributed by atoms with Crippen molar-refractivity contribution >= 4 is 35.1 Å². The molecule has 0 radical (unpaired) electrons. The summed E-state index contributed by atoms with van der Waals surface area (Å²) in [6, 6.07) is 4.06. The van der Waals surface area contributed by atoms with Gasteiger partial charge in [0.1, 0.15) is 0 Å². The molecule has 1 aromatic rings. The van der Waals surface area contributed by atoms with E-state index in [0.717, 1.165) is 12.8 Å². The maximum atomic E-state index is 11.9. The Morgan fingerprint density at radius 1 is 1.33 bits per heavy atom. The summed E-state index contributed by atoms with van der Waals surface area (Å²) >= 11 is 5.93. The van der Waals surface area contributed by atoms with Crippen LogP contribution in [0.2, 0.25) is 5.02 Å². The highest BCUT2D eigenvalue weighted by Crippen LogP contribution is 2.23. The van der Waals surface area contributed by atoms with Gasteiger partial charge in [-0.3, -0.25) is 9.59 Å². The largest absolute Gasteiger partial charge is 0.478 e. The van der Waals surface area contributed by atoms with E-state index in [1.165, 1.54) is 23.1 Å². The lowest BCUT2D eigenvalue weighted by Crippen LogP contribution is -2.40. The second-order valence-corrected chi connectivity index (χ2v) is 5.23. The van der Waals surface area contributed by atoms with Gasteiger partial charge in [0.05, 0.1) is 22.8 Å². The summed E-state index contributed by atoms with van der Waals surface area (Å²) in [5, 5.41) is 11.7. The van der Waals surface area contributed by atoms with E-state index in [4.69, 9.17) is 16.7 Å². The fourth-order valence-corrected chi connectivity index (χ4v) is 2.31. The molecule has 2 rings (SSSR count). The molecule has 0 spiro atoms. The average molecular weight is 311 g/mol. The number of anilines is 1.